The first kappa shape index (κ1) is 15.2. The molecule has 0 saturated carbocycles. The molecule has 0 atom stereocenters. The summed E-state index contributed by atoms with van der Waals surface area (Å²) in [6.45, 7) is 0. The van der Waals surface area contributed by atoms with Crippen LogP contribution in [0.15, 0.2) is 24.7 Å². The third-order valence-electron chi connectivity index (χ3n) is 2.03. The summed E-state index contributed by atoms with van der Waals surface area (Å²) in [6.07, 6.45) is 5.01. The fourth-order valence-corrected chi connectivity index (χ4v) is 1.05. The van der Waals surface area contributed by atoms with Gasteiger partial charge in [0.05, 0.1) is 24.4 Å². The number of nitrogen functional groups attached to an aromatic ring is 1. The lowest BCUT2D eigenvalue weighted by Gasteiger charge is -1.98. The third kappa shape index (κ3) is 4.41. The molecule has 0 aliphatic rings. The average molecular weight is 278 g/mol. The summed E-state index contributed by atoms with van der Waals surface area (Å²) in [5, 5.41) is 0. The van der Waals surface area contributed by atoms with Gasteiger partial charge in [-0.25, -0.2) is 15.0 Å². The molecule has 0 aliphatic carbocycles. The minimum atomic E-state index is -0.777. The monoisotopic (exact) mass is 278 g/mol. The maximum Gasteiger partial charge on any atom is 0.223 e. The molecular formula is C12H11FN4O3. The Kier molecular flexibility index (Phi) is 5.70. The molecule has 0 radical (unpaired) electrons. The van der Waals surface area contributed by atoms with Crippen molar-refractivity contribution in [1.29, 1.82) is 0 Å². The van der Waals surface area contributed by atoms with E-state index in [2.05, 4.69) is 15.0 Å². The van der Waals surface area contributed by atoms with Crippen molar-refractivity contribution in [2.45, 2.75) is 0 Å². The van der Waals surface area contributed by atoms with Crippen molar-refractivity contribution in [2.75, 3.05) is 12.8 Å². The predicted octanol–water partition coefficient (Wildman–Crippen LogP) is 0.913. The van der Waals surface area contributed by atoms with E-state index in [4.69, 9.17) is 10.5 Å². The van der Waals surface area contributed by atoms with Crippen LogP contribution in [0.1, 0.15) is 20.7 Å². The lowest BCUT2D eigenvalue weighted by atomic mass is 10.3. The number of nitrogens with two attached hydrogens (primary N) is 1. The first-order valence-electron chi connectivity index (χ1n) is 5.28. The SMILES string of the molecule is COc1cnc(F)c(C=O)c1.Nc1ncc(C=O)cn1. The van der Waals surface area contributed by atoms with E-state index in [-0.39, 0.29) is 11.5 Å². The van der Waals surface area contributed by atoms with Crippen LogP contribution in [0.2, 0.25) is 0 Å². The molecule has 2 heterocycles. The fraction of sp³-hybridized carbons (Fsp3) is 0.0833. The maximum atomic E-state index is 12.5. The molecule has 0 fully saturated rings. The molecule has 2 N–H and O–H groups in total. The van der Waals surface area contributed by atoms with Crippen LogP contribution in [0.4, 0.5) is 10.3 Å². The number of halogens is 1. The van der Waals surface area contributed by atoms with Gasteiger partial charge >= 0.3 is 0 Å². The Morgan fingerprint density at radius 1 is 1.15 bits per heavy atom. The van der Waals surface area contributed by atoms with Crippen LogP contribution in [0.5, 0.6) is 5.75 Å². The van der Waals surface area contributed by atoms with Crippen LogP contribution >= 0.6 is 0 Å². The number of hydrogen-bond acceptors (Lipinski definition) is 7. The van der Waals surface area contributed by atoms with Gasteiger partial charge in [0.25, 0.3) is 0 Å². The van der Waals surface area contributed by atoms with Gasteiger partial charge in [0.2, 0.25) is 11.9 Å². The van der Waals surface area contributed by atoms with Crippen LogP contribution in [-0.4, -0.2) is 34.6 Å². The summed E-state index contributed by atoms with van der Waals surface area (Å²) in [5.41, 5.74) is 5.48. The van der Waals surface area contributed by atoms with Crippen molar-refractivity contribution < 1.29 is 18.7 Å². The molecule has 7 nitrogen and oxygen atoms in total. The zero-order valence-electron chi connectivity index (χ0n) is 10.5. The Hall–Kier alpha value is -2.90. The van der Waals surface area contributed by atoms with Crippen molar-refractivity contribution in [1.82, 2.24) is 15.0 Å². The quantitative estimate of drug-likeness (QED) is 0.656. The van der Waals surface area contributed by atoms with Crippen LogP contribution < -0.4 is 10.5 Å². The van der Waals surface area contributed by atoms with Gasteiger partial charge in [0.1, 0.15) is 5.75 Å². The van der Waals surface area contributed by atoms with Crippen LogP contribution in [0, 0.1) is 5.95 Å². The normalized spacial score (nSPS) is 9.10. The standard InChI is InChI=1S/C7H6FNO2.C5H5N3O/c1-11-6-2-5(4-10)7(8)9-3-6;6-5-7-1-4(3-9)2-8-5/h2-4H,1H3;1-3H,(H2,6,7,8). The molecule has 0 bridgehead atoms. The number of pyridine rings is 1. The lowest BCUT2D eigenvalue weighted by molar-refractivity contribution is 0.111. The van der Waals surface area contributed by atoms with E-state index in [0.717, 1.165) is 0 Å². The first-order valence-corrected chi connectivity index (χ1v) is 5.28. The van der Waals surface area contributed by atoms with E-state index >= 15 is 0 Å². The molecule has 0 amide bonds. The summed E-state index contributed by atoms with van der Waals surface area (Å²) < 4.78 is 17.2. The molecule has 2 aromatic rings. The fourth-order valence-electron chi connectivity index (χ4n) is 1.05. The van der Waals surface area contributed by atoms with E-state index in [1.807, 2.05) is 0 Å². The predicted molar refractivity (Wildman–Crippen MR) is 68.0 cm³/mol. The number of anilines is 1. The highest BCUT2D eigenvalue weighted by molar-refractivity contribution is 5.75. The Labute approximate surface area is 113 Å². The summed E-state index contributed by atoms with van der Waals surface area (Å²) in [5.74, 6) is -0.227. The van der Waals surface area contributed by atoms with Crippen LogP contribution in [0.25, 0.3) is 0 Å². The molecule has 0 aromatic carbocycles. The van der Waals surface area contributed by atoms with Crippen molar-refractivity contribution in [3.8, 4) is 5.75 Å². The van der Waals surface area contributed by atoms with Crippen molar-refractivity contribution in [3.05, 3.63) is 41.7 Å². The Morgan fingerprint density at radius 2 is 1.80 bits per heavy atom. The molecule has 20 heavy (non-hydrogen) atoms. The van der Waals surface area contributed by atoms with Crippen LogP contribution in [0.3, 0.4) is 0 Å². The number of nitrogens with zero attached hydrogens (tertiary/aromatic N) is 3. The zero-order valence-corrected chi connectivity index (χ0v) is 10.5. The Balaban J connectivity index is 0.000000204. The number of methoxy groups -OCH3 is 1. The van der Waals surface area contributed by atoms with E-state index < -0.39 is 5.95 Å². The molecule has 0 spiro atoms. The second-order valence-corrected chi connectivity index (χ2v) is 3.37. The molecular weight excluding hydrogens is 267 g/mol. The topological polar surface area (TPSA) is 108 Å². The number of carbonyl (C=O) groups excluding carboxylic acids is 2. The van der Waals surface area contributed by atoms with Gasteiger partial charge in [-0.05, 0) is 6.07 Å². The van der Waals surface area contributed by atoms with E-state index in [0.29, 0.717) is 23.9 Å². The largest absolute Gasteiger partial charge is 0.495 e. The van der Waals surface area contributed by atoms with Gasteiger partial charge in [-0.3, -0.25) is 9.59 Å². The summed E-state index contributed by atoms with van der Waals surface area (Å²) in [6, 6.07) is 1.29. The highest BCUT2D eigenvalue weighted by Gasteiger charge is 2.02. The lowest BCUT2D eigenvalue weighted by Crippen LogP contribution is -1.94. The molecule has 104 valence electrons. The molecule has 0 saturated heterocycles. The molecule has 2 aromatic heterocycles. The molecule has 0 unspecified atom stereocenters. The van der Waals surface area contributed by atoms with Gasteiger partial charge < -0.3 is 10.5 Å². The number of aromatic nitrogens is 3. The second-order valence-electron chi connectivity index (χ2n) is 3.37. The summed E-state index contributed by atoms with van der Waals surface area (Å²) in [7, 11) is 1.42. The van der Waals surface area contributed by atoms with Gasteiger partial charge in [0.15, 0.2) is 12.6 Å². The smallest absolute Gasteiger partial charge is 0.223 e. The highest BCUT2D eigenvalue weighted by Crippen LogP contribution is 2.11. The Morgan fingerprint density at radius 3 is 2.30 bits per heavy atom. The highest BCUT2D eigenvalue weighted by atomic mass is 19.1. The second kappa shape index (κ2) is 7.52. The van der Waals surface area contributed by atoms with Crippen LogP contribution in [-0.2, 0) is 0 Å². The molecule has 2 rings (SSSR count). The first-order chi connectivity index (χ1) is 9.60. The van der Waals surface area contributed by atoms with Crippen molar-refractivity contribution in [3.63, 3.8) is 0 Å². The average Bonchev–Trinajstić information content (AvgIpc) is 2.49. The van der Waals surface area contributed by atoms with Gasteiger partial charge in [-0.15, -0.1) is 0 Å². The van der Waals surface area contributed by atoms with Crippen molar-refractivity contribution in [2.24, 2.45) is 0 Å². The molecule has 8 heteroatoms. The summed E-state index contributed by atoms with van der Waals surface area (Å²) >= 11 is 0. The van der Waals surface area contributed by atoms with E-state index in [1.165, 1.54) is 31.8 Å². The van der Waals surface area contributed by atoms with E-state index in [1.54, 1.807) is 0 Å². The van der Waals surface area contributed by atoms with Gasteiger partial charge in [-0.2, -0.15) is 4.39 Å². The van der Waals surface area contributed by atoms with Crippen molar-refractivity contribution >= 4 is 18.5 Å². The van der Waals surface area contributed by atoms with Gasteiger partial charge in [-0.1, -0.05) is 0 Å². The number of hydrogen-bond donors (Lipinski definition) is 1. The Bertz CT molecular complexity index is 590. The molecule has 0 aliphatic heterocycles. The number of carbonyl (C=O) groups is 2. The number of ether oxygens (including phenoxy) is 1. The third-order valence-corrected chi connectivity index (χ3v) is 2.03. The number of aldehydes is 2. The van der Waals surface area contributed by atoms with Gasteiger partial charge in [0, 0.05) is 12.4 Å². The summed E-state index contributed by atoms with van der Waals surface area (Å²) in [4.78, 5) is 30.6. The zero-order chi connectivity index (χ0) is 15.0. The minimum absolute atomic E-state index is 0.0932. The number of rotatable bonds is 3. The maximum absolute atomic E-state index is 12.5. The van der Waals surface area contributed by atoms with E-state index in [9.17, 15) is 14.0 Å². The minimum Gasteiger partial charge on any atom is -0.495 e.